The number of pyridine rings is 1. The molecular weight excluding hydrogens is 310 g/mol. The number of hydrogen-bond acceptors (Lipinski definition) is 4. The zero-order valence-electron chi connectivity index (χ0n) is 10.9. The first-order chi connectivity index (χ1) is 9.19. The van der Waals surface area contributed by atoms with Crippen LogP contribution in [0.5, 0.6) is 0 Å². The van der Waals surface area contributed by atoms with Gasteiger partial charge in [-0.1, -0.05) is 0 Å². The van der Waals surface area contributed by atoms with Gasteiger partial charge in [-0.25, -0.2) is 9.78 Å². The molecule has 1 N–H and O–H groups in total. The average molecular weight is 328 g/mol. The minimum absolute atomic E-state index is 0.123. The molecule has 0 spiro atoms. The van der Waals surface area contributed by atoms with E-state index >= 15 is 0 Å². The summed E-state index contributed by atoms with van der Waals surface area (Å²) < 4.78 is 5.88. The third-order valence-electron chi connectivity index (χ3n) is 3.05. The van der Waals surface area contributed by atoms with Gasteiger partial charge in [0.1, 0.15) is 5.82 Å². The number of aromatic nitrogens is 1. The summed E-state index contributed by atoms with van der Waals surface area (Å²) in [6.07, 6.45) is 3.47. The Morgan fingerprint density at radius 3 is 3.16 bits per heavy atom. The highest BCUT2D eigenvalue weighted by atomic mass is 79.9. The maximum atomic E-state index is 11.4. The van der Waals surface area contributed by atoms with Gasteiger partial charge < -0.3 is 15.0 Å². The number of amides is 1. The van der Waals surface area contributed by atoms with Crippen LogP contribution in [-0.4, -0.2) is 36.8 Å². The molecule has 6 heteroatoms. The summed E-state index contributed by atoms with van der Waals surface area (Å²) in [5.41, 5.74) is 0. The normalized spacial score (nSPS) is 19.1. The number of alkyl carbamates (subject to hydrolysis) is 1. The summed E-state index contributed by atoms with van der Waals surface area (Å²) in [7, 11) is 0. The molecule has 1 saturated heterocycles. The van der Waals surface area contributed by atoms with Gasteiger partial charge in [-0.3, -0.25) is 0 Å². The number of carbonyl (C=O) groups is 1. The fraction of sp³-hybridized carbons (Fsp3) is 0.538. The molecule has 1 aromatic rings. The molecule has 1 unspecified atom stereocenters. The average Bonchev–Trinajstić information content (AvgIpc) is 2.40. The van der Waals surface area contributed by atoms with Gasteiger partial charge in [-0.2, -0.15) is 0 Å². The lowest BCUT2D eigenvalue weighted by Crippen LogP contribution is -2.48. The van der Waals surface area contributed by atoms with Crippen LogP contribution in [0.2, 0.25) is 0 Å². The number of piperidine rings is 1. The molecule has 1 atom stereocenters. The van der Waals surface area contributed by atoms with Crippen molar-refractivity contribution in [1.29, 1.82) is 0 Å². The molecular formula is C13H18BrN3O2. The predicted molar refractivity (Wildman–Crippen MR) is 77.3 cm³/mol. The number of rotatable bonds is 3. The zero-order chi connectivity index (χ0) is 13.7. The van der Waals surface area contributed by atoms with Crippen molar-refractivity contribution < 1.29 is 9.53 Å². The minimum Gasteiger partial charge on any atom is -0.450 e. The monoisotopic (exact) mass is 327 g/mol. The van der Waals surface area contributed by atoms with Crippen molar-refractivity contribution in [3.05, 3.63) is 22.8 Å². The predicted octanol–water partition coefficient (Wildman–Crippen LogP) is 2.56. The van der Waals surface area contributed by atoms with Crippen molar-refractivity contribution in [2.45, 2.75) is 25.8 Å². The SMILES string of the molecule is CCOC(=O)NC1CCCN(c2ccc(Br)cn2)C1. The van der Waals surface area contributed by atoms with Crippen LogP contribution in [0.4, 0.5) is 10.6 Å². The summed E-state index contributed by atoms with van der Waals surface area (Å²) in [5, 5.41) is 2.89. The molecule has 0 aliphatic carbocycles. The van der Waals surface area contributed by atoms with Crippen molar-refractivity contribution in [3.63, 3.8) is 0 Å². The Balaban J connectivity index is 1.93. The highest BCUT2D eigenvalue weighted by Gasteiger charge is 2.22. The lowest BCUT2D eigenvalue weighted by atomic mass is 10.1. The van der Waals surface area contributed by atoms with E-state index in [0.717, 1.165) is 36.2 Å². The third-order valence-corrected chi connectivity index (χ3v) is 3.52. The van der Waals surface area contributed by atoms with Crippen molar-refractivity contribution in [1.82, 2.24) is 10.3 Å². The topological polar surface area (TPSA) is 54.5 Å². The van der Waals surface area contributed by atoms with E-state index in [9.17, 15) is 4.79 Å². The fourth-order valence-electron chi connectivity index (χ4n) is 2.20. The Morgan fingerprint density at radius 1 is 1.63 bits per heavy atom. The molecule has 1 amide bonds. The molecule has 1 fully saturated rings. The van der Waals surface area contributed by atoms with Crippen LogP contribution in [0, 0.1) is 0 Å². The van der Waals surface area contributed by atoms with E-state index in [1.165, 1.54) is 0 Å². The number of nitrogens with one attached hydrogen (secondary N) is 1. The molecule has 0 saturated carbocycles. The second kappa shape index (κ2) is 6.75. The van der Waals surface area contributed by atoms with Gasteiger partial charge in [0.15, 0.2) is 0 Å². The van der Waals surface area contributed by atoms with E-state index in [0.29, 0.717) is 6.61 Å². The van der Waals surface area contributed by atoms with Crippen molar-refractivity contribution in [2.75, 3.05) is 24.6 Å². The van der Waals surface area contributed by atoms with Crippen LogP contribution in [0.15, 0.2) is 22.8 Å². The van der Waals surface area contributed by atoms with Crippen LogP contribution in [0.3, 0.4) is 0 Å². The van der Waals surface area contributed by atoms with E-state index in [1.807, 2.05) is 12.1 Å². The Labute approximate surface area is 121 Å². The first-order valence-electron chi connectivity index (χ1n) is 6.49. The quantitative estimate of drug-likeness (QED) is 0.927. The van der Waals surface area contributed by atoms with Gasteiger partial charge in [0, 0.05) is 29.8 Å². The Kier molecular flexibility index (Phi) is 5.01. The van der Waals surface area contributed by atoms with E-state index in [1.54, 1.807) is 13.1 Å². The van der Waals surface area contributed by atoms with E-state index in [-0.39, 0.29) is 12.1 Å². The first-order valence-corrected chi connectivity index (χ1v) is 7.28. The highest BCUT2D eigenvalue weighted by molar-refractivity contribution is 9.10. The number of carbonyl (C=O) groups excluding carboxylic acids is 1. The molecule has 104 valence electrons. The van der Waals surface area contributed by atoms with E-state index in [4.69, 9.17) is 4.74 Å². The first kappa shape index (κ1) is 14.1. The third kappa shape index (κ3) is 4.09. The second-order valence-corrected chi connectivity index (χ2v) is 5.40. The molecule has 1 aliphatic rings. The lowest BCUT2D eigenvalue weighted by molar-refractivity contribution is 0.146. The number of ether oxygens (including phenoxy) is 1. The fourth-order valence-corrected chi connectivity index (χ4v) is 2.43. The number of halogens is 1. The Morgan fingerprint density at radius 2 is 2.47 bits per heavy atom. The lowest BCUT2D eigenvalue weighted by Gasteiger charge is -2.33. The van der Waals surface area contributed by atoms with Crippen molar-refractivity contribution in [2.24, 2.45) is 0 Å². The van der Waals surface area contributed by atoms with Gasteiger partial charge in [-0.15, -0.1) is 0 Å². The summed E-state index contributed by atoms with van der Waals surface area (Å²) in [5.74, 6) is 0.943. The van der Waals surface area contributed by atoms with Gasteiger partial charge >= 0.3 is 6.09 Å². The maximum absolute atomic E-state index is 11.4. The number of hydrogen-bond donors (Lipinski definition) is 1. The van der Waals surface area contributed by atoms with Crippen molar-refractivity contribution >= 4 is 27.8 Å². The molecule has 2 rings (SSSR count). The number of nitrogens with zero attached hydrogens (tertiary/aromatic N) is 2. The molecule has 5 nitrogen and oxygen atoms in total. The molecule has 19 heavy (non-hydrogen) atoms. The molecule has 0 radical (unpaired) electrons. The maximum Gasteiger partial charge on any atom is 0.407 e. The van der Waals surface area contributed by atoms with Crippen LogP contribution >= 0.6 is 15.9 Å². The van der Waals surface area contributed by atoms with Crippen LogP contribution in [0.25, 0.3) is 0 Å². The van der Waals surface area contributed by atoms with Crippen LogP contribution in [-0.2, 0) is 4.74 Å². The minimum atomic E-state index is -0.335. The second-order valence-electron chi connectivity index (χ2n) is 4.48. The molecule has 2 heterocycles. The largest absolute Gasteiger partial charge is 0.450 e. The summed E-state index contributed by atoms with van der Waals surface area (Å²) in [6, 6.07) is 4.08. The zero-order valence-corrected chi connectivity index (χ0v) is 12.5. The summed E-state index contributed by atoms with van der Waals surface area (Å²) in [6.45, 7) is 3.94. The Hall–Kier alpha value is -1.30. The van der Waals surface area contributed by atoms with E-state index in [2.05, 4.69) is 31.1 Å². The summed E-state index contributed by atoms with van der Waals surface area (Å²) >= 11 is 3.38. The highest BCUT2D eigenvalue weighted by Crippen LogP contribution is 2.19. The van der Waals surface area contributed by atoms with Gasteiger partial charge in [0.2, 0.25) is 0 Å². The van der Waals surface area contributed by atoms with Crippen LogP contribution < -0.4 is 10.2 Å². The Bertz CT molecular complexity index is 424. The van der Waals surface area contributed by atoms with E-state index < -0.39 is 0 Å². The van der Waals surface area contributed by atoms with Crippen molar-refractivity contribution in [3.8, 4) is 0 Å². The molecule has 1 aliphatic heterocycles. The molecule has 0 aromatic carbocycles. The summed E-state index contributed by atoms with van der Waals surface area (Å²) in [4.78, 5) is 18.0. The number of anilines is 1. The standard InChI is InChI=1S/C13H18BrN3O2/c1-2-19-13(18)16-11-4-3-7-17(9-11)12-6-5-10(14)8-15-12/h5-6,8,11H,2-4,7,9H2,1H3,(H,16,18). The smallest absolute Gasteiger partial charge is 0.407 e. The molecule has 1 aromatic heterocycles. The van der Waals surface area contributed by atoms with Crippen LogP contribution in [0.1, 0.15) is 19.8 Å². The van der Waals surface area contributed by atoms with Gasteiger partial charge in [-0.05, 0) is 47.8 Å². The van der Waals surface area contributed by atoms with Gasteiger partial charge in [0.05, 0.1) is 6.61 Å². The molecule has 0 bridgehead atoms. The van der Waals surface area contributed by atoms with Gasteiger partial charge in [0.25, 0.3) is 0 Å².